The van der Waals surface area contributed by atoms with Crippen molar-refractivity contribution in [1.29, 1.82) is 0 Å². The molecule has 0 spiro atoms. The molecule has 0 saturated heterocycles. The number of hydrogen-bond donors (Lipinski definition) is 2. The second-order valence-electron chi connectivity index (χ2n) is 4.48. The monoisotopic (exact) mass is 280 g/mol. The van der Waals surface area contributed by atoms with Gasteiger partial charge in [-0.15, -0.1) is 0 Å². The van der Waals surface area contributed by atoms with Crippen molar-refractivity contribution in [3.63, 3.8) is 0 Å². The SMILES string of the molecule is CCCCCCCCCOC(=O)CCP(=O)(O)O. The molecule has 0 saturated carbocycles. The lowest BCUT2D eigenvalue weighted by molar-refractivity contribution is -0.143. The van der Waals surface area contributed by atoms with Crippen LogP contribution in [0.2, 0.25) is 0 Å². The number of ether oxygens (including phenoxy) is 1. The lowest BCUT2D eigenvalue weighted by Crippen LogP contribution is -2.08. The van der Waals surface area contributed by atoms with Crippen LogP contribution in [0, 0.1) is 0 Å². The van der Waals surface area contributed by atoms with Gasteiger partial charge in [-0.25, -0.2) is 0 Å². The van der Waals surface area contributed by atoms with Gasteiger partial charge in [-0.2, -0.15) is 0 Å². The number of unbranched alkanes of at least 4 members (excludes halogenated alkanes) is 6. The van der Waals surface area contributed by atoms with Gasteiger partial charge in [0.25, 0.3) is 0 Å². The van der Waals surface area contributed by atoms with E-state index in [1.54, 1.807) is 0 Å². The molecule has 0 atom stereocenters. The van der Waals surface area contributed by atoms with Gasteiger partial charge in [-0.1, -0.05) is 45.4 Å². The maximum absolute atomic E-state index is 11.1. The standard InChI is InChI=1S/C12H25O5P/c1-2-3-4-5-6-7-8-10-17-12(13)9-11-18(14,15)16/h2-11H2,1H3,(H2,14,15,16). The van der Waals surface area contributed by atoms with Crippen LogP contribution in [0.5, 0.6) is 0 Å². The Morgan fingerprint density at radius 1 is 1.06 bits per heavy atom. The maximum atomic E-state index is 11.1. The van der Waals surface area contributed by atoms with Gasteiger partial charge >= 0.3 is 13.6 Å². The predicted molar refractivity (Wildman–Crippen MR) is 70.5 cm³/mol. The van der Waals surface area contributed by atoms with E-state index in [-0.39, 0.29) is 6.42 Å². The van der Waals surface area contributed by atoms with Gasteiger partial charge in [0, 0.05) is 0 Å². The Hall–Kier alpha value is -0.380. The minimum Gasteiger partial charge on any atom is -0.466 e. The molecule has 0 unspecified atom stereocenters. The fourth-order valence-corrected chi connectivity index (χ4v) is 2.03. The summed E-state index contributed by atoms with van der Waals surface area (Å²) in [5, 5.41) is 0. The molecule has 0 rings (SSSR count). The van der Waals surface area contributed by atoms with Gasteiger partial charge in [0.1, 0.15) is 0 Å². The molecule has 5 nitrogen and oxygen atoms in total. The minimum atomic E-state index is -4.08. The Morgan fingerprint density at radius 3 is 2.17 bits per heavy atom. The first-order valence-electron chi connectivity index (χ1n) is 6.66. The minimum absolute atomic E-state index is 0.208. The molecule has 18 heavy (non-hydrogen) atoms. The molecule has 0 aliphatic carbocycles. The summed E-state index contributed by atoms with van der Waals surface area (Å²) < 4.78 is 15.4. The van der Waals surface area contributed by atoms with Crippen molar-refractivity contribution in [2.24, 2.45) is 0 Å². The quantitative estimate of drug-likeness (QED) is 0.345. The number of hydrogen-bond acceptors (Lipinski definition) is 3. The molecule has 0 aromatic heterocycles. The third-order valence-corrected chi connectivity index (χ3v) is 3.42. The summed E-state index contributed by atoms with van der Waals surface area (Å²) in [6.07, 6.45) is 7.38. The first-order valence-corrected chi connectivity index (χ1v) is 8.45. The number of esters is 1. The van der Waals surface area contributed by atoms with Gasteiger partial charge in [0.15, 0.2) is 0 Å². The average Bonchev–Trinajstić information content (AvgIpc) is 2.29. The number of carbonyl (C=O) groups excluding carboxylic acids is 1. The van der Waals surface area contributed by atoms with E-state index < -0.39 is 19.7 Å². The molecular weight excluding hydrogens is 255 g/mol. The highest BCUT2D eigenvalue weighted by atomic mass is 31.2. The molecule has 2 N–H and O–H groups in total. The predicted octanol–water partition coefficient (Wildman–Crippen LogP) is 2.85. The van der Waals surface area contributed by atoms with Crippen LogP contribution < -0.4 is 0 Å². The molecule has 0 aliphatic rings. The fraction of sp³-hybridized carbons (Fsp3) is 0.917. The normalized spacial score (nSPS) is 11.5. The lowest BCUT2D eigenvalue weighted by atomic mass is 10.1. The lowest BCUT2D eigenvalue weighted by Gasteiger charge is -2.05. The van der Waals surface area contributed by atoms with Gasteiger partial charge in [-0.05, 0) is 6.42 Å². The van der Waals surface area contributed by atoms with E-state index in [2.05, 4.69) is 6.92 Å². The molecular formula is C12H25O5P. The largest absolute Gasteiger partial charge is 0.466 e. The van der Waals surface area contributed by atoms with Gasteiger partial charge in [-0.3, -0.25) is 9.36 Å². The molecule has 0 aromatic rings. The van der Waals surface area contributed by atoms with E-state index in [1.807, 2.05) is 0 Å². The zero-order chi connectivity index (χ0) is 13.9. The molecule has 108 valence electrons. The van der Waals surface area contributed by atoms with Crippen LogP contribution in [0.1, 0.15) is 58.3 Å². The van der Waals surface area contributed by atoms with Crippen LogP contribution in [-0.2, 0) is 14.1 Å². The van der Waals surface area contributed by atoms with E-state index in [0.717, 1.165) is 19.3 Å². The van der Waals surface area contributed by atoms with Crippen molar-refractivity contribution < 1.29 is 23.9 Å². The highest BCUT2D eigenvalue weighted by Crippen LogP contribution is 2.34. The number of carbonyl (C=O) groups is 1. The summed E-state index contributed by atoms with van der Waals surface area (Å²) in [6.45, 7) is 2.53. The van der Waals surface area contributed by atoms with Crippen molar-refractivity contribution >= 4 is 13.6 Å². The van der Waals surface area contributed by atoms with Crippen molar-refractivity contribution in [2.75, 3.05) is 12.8 Å². The second-order valence-corrected chi connectivity index (χ2v) is 6.26. The Morgan fingerprint density at radius 2 is 1.61 bits per heavy atom. The molecule has 0 aromatic carbocycles. The first-order chi connectivity index (χ1) is 8.45. The highest BCUT2D eigenvalue weighted by Gasteiger charge is 2.15. The van der Waals surface area contributed by atoms with Gasteiger partial charge in [0.2, 0.25) is 0 Å². The maximum Gasteiger partial charge on any atom is 0.326 e. The molecule has 0 heterocycles. The van der Waals surface area contributed by atoms with Crippen LogP contribution in [0.4, 0.5) is 0 Å². The van der Waals surface area contributed by atoms with Crippen molar-refractivity contribution in [2.45, 2.75) is 58.3 Å². The zero-order valence-corrected chi connectivity index (χ0v) is 12.0. The van der Waals surface area contributed by atoms with Gasteiger partial charge in [0.05, 0.1) is 19.2 Å². The van der Waals surface area contributed by atoms with Crippen LogP contribution in [0.25, 0.3) is 0 Å². The fourth-order valence-electron chi connectivity index (χ4n) is 1.55. The zero-order valence-electron chi connectivity index (χ0n) is 11.1. The van der Waals surface area contributed by atoms with Crippen molar-refractivity contribution in [3.8, 4) is 0 Å². The summed E-state index contributed by atoms with van der Waals surface area (Å²) in [4.78, 5) is 28.3. The Balaban J connectivity index is 3.28. The second kappa shape index (κ2) is 10.5. The Kier molecular flexibility index (Phi) is 10.3. The van der Waals surface area contributed by atoms with Crippen molar-refractivity contribution in [1.82, 2.24) is 0 Å². The first kappa shape index (κ1) is 17.6. The topological polar surface area (TPSA) is 83.8 Å². The van der Waals surface area contributed by atoms with E-state index in [0.29, 0.717) is 6.61 Å². The van der Waals surface area contributed by atoms with Crippen LogP contribution in [0.15, 0.2) is 0 Å². The molecule has 0 radical (unpaired) electrons. The molecule has 6 heteroatoms. The highest BCUT2D eigenvalue weighted by molar-refractivity contribution is 7.51. The summed E-state index contributed by atoms with van der Waals surface area (Å²) in [5.74, 6) is -0.524. The van der Waals surface area contributed by atoms with E-state index in [1.165, 1.54) is 25.7 Å². The average molecular weight is 280 g/mol. The number of rotatable bonds is 11. The van der Waals surface area contributed by atoms with Crippen LogP contribution >= 0.6 is 7.60 Å². The summed E-state index contributed by atoms with van der Waals surface area (Å²) in [5.41, 5.74) is 0. The summed E-state index contributed by atoms with van der Waals surface area (Å²) in [7, 11) is -4.08. The van der Waals surface area contributed by atoms with E-state index in [9.17, 15) is 9.36 Å². The van der Waals surface area contributed by atoms with Crippen LogP contribution in [0.3, 0.4) is 0 Å². The van der Waals surface area contributed by atoms with Crippen molar-refractivity contribution in [3.05, 3.63) is 0 Å². The molecule has 0 aliphatic heterocycles. The third kappa shape index (κ3) is 13.7. The van der Waals surface area contributed by atoms with Crippen LogP contribution in [-0.4, -0.2) is 28.5 Å². The summed E-state index contributed by atoms with van der Waals surface area (Å²) >= 11 is 0. The summed E-state index contributed by atoms with van der Waals surface area (Å²) in [6, 6.07) is 0. The molecule has 0 fully saturated rings. The van der Waals surface area contributed by atoms with Gasteiger partial charge < -0.3 is 14.5 Å². The van der Waals surface area contributed by atoms with E-state index in [4.69, 9.17) is 14.5 Å². The van der Waals surface area contributed by atoms with E-state index >= 15 is 0 Å². The third-order valence-electron chi connectivity index (χ3n) is 2.62. The smallest absolute Gasteiger partial charge is 0.326 e. The molecule has 0 amide bonds. The Bertz CT molecular complexity index is 261. The Labute approximate surface area is 109 Å². The molecule has 0 bridgehead atoms.